The Hall–Kier alpha value is -2.99. The van der Waals surface area contributed by atoms with E-state index in [1.54, 1.807) is 0 Å². The number of imidazole rings is 1. The van der Waals surface area contributed by atoms with Gasteiger partial charge in [0.25, 0.3) is 5.91 Å². The van der Waals surface area contributed by atoms with Crippen molar-refractivity contribution in [2.75, 3.05) is 5.32 Å². The van der Waals surface area contributed by atoms with Gasteiger partial charge in [-0.3, -0.25) is 4.79 Å². The third-order valence-corrected chi connectivity index (χ3v) is 9.06. The number of fused-ring (bicyclic) bond motifs is 5. The monoisotopic (exact) mass is 530 g/mol. The third-order valence-electron chi connectivity index (χ3n) is 9.06. The first-order valence-corrected chi connectivity index (χ1v) is 14.0. The van der Waals surface area contributed by atoms with Crippen molar-refractivity contribution in [2.45, 2.75) is 109 Å². The number of nitriles is 1. The Kier molecular flexibility index (Phi) is 5.89. The number of aromatic amines is 1. The van der Waals surface area contributed by atoms with Gasteiger partial charge in [-0.2, -0.15) is 5.26 Å². The molecule has 8 nitrogen and oxygen atoms in total. The van der Waals surface area contributed by atoms with E-state index < -0.39 is 17.0 Å². The van der Waals surface area contributed by atoms with Crippen LogP contribution in [-0.2, 0) is 14.2 Å². The molecular formula is C31H38N4O4. The lowest BCUT2D eigenvalue weighted by Crippen LogP contribution is -2.46. The number of rotatable bonds is 4. The molecule has 2 aromatic rings. The first-order chi connectivity index (χ1) is 18.3. The summed E-state index contributed by atoms with van der Waals surface area (Å²) >= 11 is 0. The van der Waals surface area contributed by atoms with E-state index in [1.165, 1.54) is 17.3 Å². The number of amides is 1. The number of hydrogen-bond donors (Lipinski definition) is 2. The van der Waals surface area contributed by atoms with Crippen LogP contribution < -0.4 is 5.32 Å². The topological polar surface area (TPSA) is 109 Å². The number of anilines is 1. The number of carbonyl (C=O) groups is 1. The van der Waals surface area contributed by atoms with Crippen molar-refractivity contribution < 1.29 is 19.0 Å². The normalized spacial score (nSPS) is 34.2. The number of hydrogen-bond acceptors (Lipinski definition) is 6. The minimum absolute atomic E-state index is 0.101. The maximum atomic E-state index is 13.0. The molecule has 2 unspecified atom stereocenters. The second-order valence-electron chi connectivity index (χ2n) is 13.4. The first-order valence-electron chi connectivity index (χ1n) is 14.0. The summed E-state index contributed by atoms with van der Waals surface area (Å²) in [6.45, 7) is 12.9. The Morgan fingerprint density at radius 3 is 2.38 bits per heavy atom. The van der Waals surface area contributed by atoms with Gasteiger partial charge in [0.15, 0.2) is 11.6 Å². The maximum absolute atomic E-state index is 13.0. The van der Waals surface area contributed by atoms with Gasteiger partial charge in [0.1, 0.15) is 24.0 Å². The lowest BCUT2D eigenvalue weighted by Gasteiger charge is -2.43. The zero-order chi connectivity index (χ0) is 27.8. The van der Waals surface area contributed by atoms with E-state index in [9.17, 15) is 4.79 Å². The number of allylic oxidation sites excluding steroid dienone is 2. The highest BCUT2D eigenvalue weighted by atomic mass is 16.8. The smallest absolute Gasteiger partial charge is 0.291 e. The number of carbonyl (C=O) groups excluding carboxylic acids is 1. The molecule has 1 amide bonds. The van der Waals surface area contributed by atoms with Crippen molar-refractivity contribution in [2.24, 2.45) is 5.41 Å². The van der Waals surface area contributed by atoms with Gasteiger partial charge >= 0.3 is 0 Å². The van der Waals surface area contributed by atoms with Crippen LogP contribution in [0.4, 0.5) is 5.69 Å². The van der Waals surface area contributed by atoms with E-state index >= 15 is 0 Å². The van der Waals surface area contributed by atoms with Crippen molar-refractivity contribution in [1.82, 2.24) is 9.97 Å². The minimum Gasteiger partial charge on any atom is -0.363 e. The Morgan fingerprint density at radius 1 is 1.10 bits per heavy atom. The van der Waals surface area contributed by atoms with Crippen molar-refractivity contribution in [3.63, 3.8) is 0 Å². The molecular weight excluding hydrogens is 492 g/mol. The summed E-state index contributed by atoms with van der Waals surface area (Å²) in [7, 11) is 0. The summed E-state index contributed by atoms with van der Waals surface area (Å²) in [4.78, 5) is 19.9. The Morgan fingerprint density at radius 2 is 1.79 bits per heavy atom. The van der Waals surface area contributed by atoms with Crippen molar-refractivity contribution >= 4 is 17.2 Å². The SMILES string of the molecule is CC1(C)CC=C(c2cc(C3C[C@@]4(C)O[C@@](C)(C3)C3OC(C)(C)O[C@@H]34)ccc2NC(=O)c2ncc(C#N)[nH]2)CC1. The highest BCUT2D eigenvalue weighted by Crippen LogP contribution is 2.58. The van der Waals surface area contributed by atoms with Crippen LogP contribution in [0.15, 0.2) is 30.5 Å². The molecule has 3 aliphatic heterocycles. The molecule has 1 aromatic heterocycles. The summed E-state index contributed by atoms with van der Waals surface area (Å²) < 4.78 is 19.4. The van der Waals surface area contributed by atoms with Crippen LogP contribution in [0.3, 0.4) is 0 Å². The minimum atomic E-state index is -0.606. The molecule has 3 saturated heterocycles. The Balaban J connectivity index is 1.33. The largest absolute Gasteiger partial charge is 0.363 e. The van der Waals surface area contributed by atoms with Crippen molar-refractivity contribution in [3.05, 3.63) is 53.1 Å². The Labute approximate surface area is 230 Å². The van der Waals surface area contributed by atoms with E-state index in [2.05, 4.69) is 61.2 Å². The van der Waals surface area contributed by atoms with E-state index in [0.717, 1.165) is 43.4 Å². The van der Waals surface area contributed by atoms with Gasteiger partial charge < -0.3 is 24.5 Å². The van der Waals surface area contributed by atoms with Gasteiger partial charge in [-0.25, -0.2) is 4.98 Å². The van der Waals surface area contributed by atoms with Gasteiger partial charge in [-0.05, 0) is 94.4 Å². The summed E-state index contributed by atoms with van der Waals surface area (Å²) in [6, 6.07) is 8.37. The molecule has 0 radical (unpaired) electrons. The average Bonchev–Trinajstić information content (AvgIpc) is 3.52. The van der Waals surface area contributed by atoms with Crippen LogP contribution in [0.25, 0.3) is 5.57 Å². The quantitative estimate of drug-likeness (QED) is 0.496. The predicted octanol–water partition coefficient (Wildman–Crippen LogP) is 6.07. The maximum Gasteiger partial charge on any atom is 0.291 e. The molecule has 6 rings (SSSR count). The van der Waals surface area contributed by atoms with Gasteiger partial charge in [-0.15, -0.1) is 0 Å². The molecule has 206 valence electrons. The molecule has 2 bridgehead atoms. The highest BCUT2D eigenvalue weighted by molar-refractivity contribution is 6.03. The van der Waals surface area contributed by atoms with E-state index in [-0.39, 0.29) is 41.0 Å². The van der Waals surface area contributed by atoms with Gasteiger partial charge in [-0.1, -0.05) is 26.0 Å². The van der Waals surface area contributed by atoms with Crippen LogP contribution in [-0.4, -0.2) is 45.1 Å². The fraction of sp³-hybridized carbons (Fsp3) is 0.581. The highest BCUT2D eigenvalue weighted by Gasteiger charge is 2.68. The summed E-state index contributed by atoms with van der Waals surface area (Å²) in [5.74, 6) is -0.583. The summed E-state index contributed by atoms with van der Waals surface area (Å²) in [6.07, 6.45) is 8.19. The van der Waals surface area contributed by atoms with Gasteiger partial charge in [0.2, 0.25) is 0 Å². The van der Waals surface area contributed by atoms with E-state index in [4.69, 9.17) is 19.5 Å². The lowest BCUT2D eigenvalue weighted by molar-refractivity contribution is -0.242. The number of ether oxygens (including phenoxy) is 3. The second kappa shape index (κ2) is 8.76. The fourth-order valence-corrected chi connectivity index (χ4v) is 7.09. The molecule has 0 saturated carbocycles. The van der Waals surface area contributed by atoms with Crippen LogP contribution in [0.2, 0.25) is 0 Å². The molecule has 1 aromatic carbocycles. The average molecular weight is 531 g/mol. The van der Waals surface area contributed by atoms with Crippen LogP contribution in [0.5, 0.6) is 0 Å². The molecule has 2 N–H and O–H groups in total. The lowest BCUT2D eigenvalue weighted by atomic mass is 9.75. The zero-order valence-electron chi connectivity index (χ0n) is 23.7. The molecule has 8 heteroatoms. The first kappa shape index (κ1) is 26.2. The number of nitrogens with zero attached hydrogens (tertiary/aromatic N) is 2. The van der Waals surface area contributed by atoms with Gasteiger partial charge in [0, 0.05) is 11.3 Å². The van der Waals surface area contributed by atoms with E-state index in [1.807, 2.05) is 26.0 Å². The van der Waals surface area contributed by atoms with Crippen LogP contribution in [0, 0.1) is 16.7 Å². The number of aromatic nitrogens is 2. The molecule has 5 atom stereocenters. The Bertz CT molecular complexity index is 1370. The second-order valence-corrected chi connectivity index (χ2v) is 13.4. The van der Waals surface area contributed by atoms with Crippen LogP contribution in [0.1, 0.15) is 107 Å². The van der Waals surface area contributed by atoms with Crippen LogP contribution >= 0.6 is 0 Å². The standard InChI is InChI=1S/C31H38N4O4/c1-28(2)11-9-18(10-12-28)22-13-19(7-8-23(22)35-27(36)26-33-17-21(16-32)34-26)20-14-30(5)24-25(31(6,15-20)39-30)38-29(3,4)37-24/h7-9,13,17,20,24-25H,10-12,14-15H2,1-6H3,(H,33,34)(H,35,36)/t20?,24-,25?,30+,31-/m0/s1. The number of benzene rings is 1. The summed E-state index contributed by atoms with van der Waals surface area (Å²) in [5, 5.41) is 12.2. The fourth-order valence-electron chi connectivity index (χ4n) is 7.09. The molecule has 1 aliphatic carbocycles. The van der Waals surface area contributed by atoms with Crippen molar-refractivity contribution in [3.8, 4) is 6.07 Å². The third kappa shape index (κ3) is 4.61. The summed E-state index contributed by atoms with van der Waals surface area (Å²) in [5.41, 5.74) is 3.93. The van der Waals surface area contributed by atoms with Gasteiger partial charge in [0.05, 0.1) is 17.4 Å². The molecule has 39 heavy (non-hydrogen) atoms. The molecule has 4 aliphatic rings. The molecule has 0 spiro atoms. The van der Waals surface area contributed by atoms with E-state index in [0.29, 0.717) is 0 Å². The molecule has 3 fully saturated rings. The predicted molar refractivity (Wildman–Crippen MR) is 147 cm³/mol. The zero-order valence-corrected chi connectivity index (χ0v) is 23.7. The van der Waals surface area contributed by atoms with Crippen molar-refractivity contribution in [1.29, 1.82) is 5.26 Å². The number of H-pyrrole nitrogens is 1. The molecule has 4 heterocycles. The number of nitrogens with one attached hydrogen (secondary N) is 2.